The smallest absolute Gasteiger partial charge is 0.170 e. The summed E-state index contributed by atoms with van der Waals surface area (Å²) in [7, 11) is 0. The number of hydrogen-bond acceptors (Lipinski definition) is 4. The van der Waals surface area contributed by atoms with E-state index in [0.717, 1.165) is 25.9 Å². The molecule has 2 aliphatic heterocycles. The van der Waals surface area contributed by atoms with E-state index in [2.05, 4.69) is 4.90 Å². The molecule has 0 aromatic heterocycles. The first-order valence-electron chi connectivity index (χ1n) is 6.72. The van der Waals surface area contributed by atoms with Crippen LogP contribution in [0.1, 0.15) is 18.4 Å². The molecule has 2 fully saturated rings. The van der Waals surface area contributed by atoms with Crippen molar-refractivity contribution in [1.29, 1.82) is 0 Å². The average Bonchev–Trinajstić information content (AvgIpc) is 2.86. The minimum atomic E-state index is -0.370. The van der Waals surface area contributed by atoms with Gasteiger partial charge in [-0.1, -0.05) is 12.1 Å². The quantitative estimate of drug-likeness (QED) is 0.828. The van der Waals surface area contributed by atoms with Crippen molar-refractivity contribution in [2.24, 2.45) is 0 Å². The number of nitrogens with zero attached hydrogens (tertiary/aromatic N) is 1. The van der Waals surface area contributed by atoms with Gasteiger partial charge in [0.1, 0.15) is 0 Å². The highest BCUT2D eigenvalue weighted by molar-refractivity contribution is 5.42. The minimum Gasteiger partial charge on any atom is -0.396 e. The third kappa shape index (κ3) is 2.59. The monoisotopic (exact) mass is 266 g/mol. The summed E-state index contributed by atoms with van der Waals surface area (Å²) < 4.78 is 25.2. The number of halogens is 1. The van der Waals surface area contributed by atoms with Crippen LogP contribution >= 0.6 is 0 Å². The molecule has 0 bridgehead atoms. The number of ether oxygens (including phenoxy) is 2. The van der Waals surface area contributed by atoms with E-state index in [1.54, 1.807) is 18.2 Å². The van der Waals surface area contributed by atoms with Crippen molar-refractivity contribution in [3.63, 3.8) is 0 Å². The van der Waals surface area contributed by atoms with Gasteiger partial charge in [0.05, 0.1) is 18.9 Å². The van der Waals surface area contributed by atoms with Crippen molar-refractivity contribution in [3.05, 3.63) is 29.6 Å². The average molecular weight is 266 g/mol. The van der Waals surface area contributed by atoms with Gasteiger partial charge >= 0.3 is 0 Å². The Bertz CT molecular complexity index is 451. The Labute approximate surface area is 112 Å². The second-order valence-electron chi connectivity index (χ2n) is 5.20. The van der Waals surface area contributed by atoms with Crippen molar-refractivity contribution >= 4 is 5.69 Å². The third-order valence-corrected chi connectivity index (χ3v) is 3.93. The molecule has 0 amide bonds. The molecule has 2 N–H and O–H groups in total. The molecule has 1 spiro atoms. The second kappa shape index (κ2) is 5.07. The van der Waals surface area contributed by atoms with E-state index in [1.165, 1.54) is 0 Å². The molecule has 0 atom stereocenters. The third-order valence-electron chi connectivity index (χ3n) is 3.93. The van der Waals surface area contributed by atoms with Crippen LogP contribution in [-0.2, 0) is 16.0 Å². The molecule has 19 heavy (non-hydrogen) atoms. The Hall–Kier alpha value is -1.17. The van der Waals surface area contributed by atoms with Gasteiger partial charge in [-0.2, -0.15) is 0 Å². The van der Waals surface area contributed by atoms with Gasteiger partial charge in [0, 0.05) is 38.0 Å². The fourth-order valence-corrected chi connectivity index (χ4v) is 2.80. The lowest BCUT2D eigenvalue weighted by Crippen LogP contribution is -2.44. The number of benzene rings is 1. The lowest BCUT2D eigenvalue weighted by Gasteiger charge is -2.37. The molecule has 0 saturated carbocycles. The molecule has 0 aliphatic carbocycles. The topological polar surface area (TPSA) is 47.7 Å². The van der Waals surface area contributed by atoms with Gasteiger partial charge in [-0.05, 0) is 6.07 Å². The predicted octanol–water partition coefficient (Wildman–Crippen LogP) is 1.75. The van der Waals surface area contributed by atoms with E-state index in [0.29, 0.717) is 25.3 Å². The molecule has 0 unspecified atom stereocenters. The molecule has 104 valence electrons. The molecule has 2 saturated heterocycles. The molecular formula is C14H19FN2O2. The van der Waals surface area contributed by atoms with Gasteiger partial charge in [0.25, 0.3) is 0 Å². The fourth-order valence-electron chi connectivity index (χ4n) is 2.80. The largest absolute Gasteiger partial charge is 0.396 e. The standard InChI is InChI=1S/C14H19FN2O2/c15-13-11(2-1-3-12(13)16)10-17-6-4-14(5-7-17)18-8-9-19-14/h1-3H,4-10,16H2. The Morgan fingerprint density at radius 3 is 2.58 bits per heavy atom. The van der Waals surface area contributed by atoms with Gasteiger partial charge in [-0.25, -0.2) is 4.39 Å². The number of likely N-dealkylation sites (tertiary alicyclic amines) is 1. The highest BCUT2D eigenvalue weighted by Crippen LogP contribution is 2.32. The Balaban J connectivity index is 1.61. The normalized spacial score (nSPS) is 23.0. The van der Waals surface area contributed by atoms with Crippen LogP contribution in [0.25, 0.3) is 0 Å². The molecule has 1 aromatic rings. The maximum Gasteiger partial charge on any atom is 0.170 e. The van der Waals surface area contributed by atoms with Crippen LogP contribution in [0.2, 0.25) is 0 Å². The number of rotatable bonds is 2. The first kappa shape index (κ1) is 12.8. The highest BCUT2D eigenvalue weighted by Gasteiger charge is 2.39. The van der Waals surface area contributed by atoms with E-state index in [9.17, 15) is 4.39 Å². The molecule has 4 nitrogen and oxygen atoms in total. The van der Waals surface area contributed by atoms with E-state index >= 15 is 0 Å². The molecule has 2 aliphatic rings. The van der Waals surface area contributed by atoms with Crippen LogP contribution in [0.3, 0.4) is 0 Å². The van der Waals surface area contributed by atoms with Crippen LogP contribution in [0.15, 0.2) is 18.2 Å². The van der Waals surface area contributed by atoms with Crippen LogP contribution in [0, 0.1) is 5.82 Å². The summed E-state index contributed by atoms with van der Waals surface area (Å²) in [4.78, 5) is 2.22. The Kier molecular flexibility index (Phi) is 3.43. The zero-order valence-corrected chi connectivity index (χ0v) is 10.9. The Morgan fingerprint density at radius 2 is 1.89 bits per heavy atom. The van der Waals surface area contributed by atoms with Gasteiger partial charge in [-0.15, -0.1) is 0 Å². The maximum atomic E-state index is 13.8. The number of nitrogen functional groups attached to an aromatic ring is 1. The zero-order chi connectivity index (χ0) is 13.3. The molecular weight excluding hydrogens is 247 g/mol. The van der Waals surface area contributed by atoms with Crippen molar-refractivity contribution in [2.45, 2.75) is 25.2 Å². The molecule has 2 heterocycles. The van der Waals surface area contributed by atoms with E-state index in [1.807, 2.05) is 0 Å². The summed E-state index contributed by atoms with van der Waals surface area (Å²) in [6.07, 6.45) is 1.69. The lowest BCUT2D eigenvalue weighted by molar-refractivity contribution is -0.185. The maximum absolute atomic E-state index is 13.8. The first-order valence-corrected chi connectivity index (χ1v) is 6.72. The van der Waals surface area contributed by atoms with Gasteiger partial charge < -0.3 is 15.2 Å². The summed E-state index contributed by atoms with van der Waals surface area (Å²) in [6.45, 7) is 3.67. The predicted molar refractivity (Wildman–Crippen MR) is 70.0 cm³/mol. The van der Waals surface area contributed by atoms with Crippen LogP contribution in [0.4, 0.5) is 10.1 Å². The lowest BCUT2D eigenvalue weighted by atomic mass is 10.0. The van der Waals surface area contributed by atoms with Crippen LogP contribution in [-0.4, -0.2) is 37.0 Å². The summed E-state index contributed by atoms with van der Waals surface area (Å²) in [5.41, 5.74) is 6.46. The van der Waals surface area contributed by atoms with Gasteiger partial charge in [-0.3, -0.25) is 4.90 Å². The Morgan fingerprint density at radius 1 is 1.21 bits per heavy atom. The highest BCUT2D eigenvalue weighted by atomic mass is 19.1. The number of piperidine rings is 1. The molecule has 3 rings (SSSR count). The summed E-state index contributed by atoms with van der Waals surface area (Å²) in [6, 6.07) is 5.17. The second-order valence-corrected chi connectivity index (χ2v) is 5.20. The van der Waals surface area contributed by atoms with Crippen molar-refractivity contribution < 1.29 is 13.9 Å². The van der Waals surface area contributed by atoms with Gasteiger partial charge in [0.2, 0.25) is 0 Å². The van der Waals surface area contributed by atoms with E-state index in [-0.39, 0.29) is 17.3 Å². The summed E-state index contributed by atoms with van der Waals surface area (Å²) >= 11 is 0. The van der Waals surface area contributed by atoms with Crippen LogP contribution in [0.5, 0.6) is 0 Å². The van der Waals surface area contributed by atoms with E-state index in [4.69, 9.17) is 15.2 Å². The first-order chi connectivity index (χ1) is 9.19. The number of hydrogen-bond donors (Lipinski definition) is 1. The van der Waals surface area contributed by atoms with E-state index < -0.39 is 0 Å². The number of nitrogens with two attached hydrogens (primary N) is 1. The van der Waals surface area contributed by atoms with Crippen LogP contribution < -0.4 is 5.73 Å². The fraction of sp³-hybridized carbons (Fsp3) is 0.571. The SMILES string of the molecule is Nc1cccc(CN2CCC3(CC2)OCCO3)c1F. The van der Waals surface area contributed by atoms with Crippen molar-refractivity contribution in [3.8, 4) is 0 Å². The van der Waals surface area contributed by atoms with Crippen molar-refractivity contribution in [2.75, 3.05) is 32.0 Å². The number of anilines is 1. The molecule has 5 heteroatoms. The summed E-state index contributed by atoms with van der Waals surface area (Å²) in [5.74, 6) is -0.666. The molecule has 1 aromatic carbocycles. The summed E-state index contributed by atoms with van der Waals surface area (Å²) in [5, 5.41) is 0. The van der Waals surface area contributed by atoms with Crippen molar-refractivity contribution in [1.82, 2.24) is 4.90 Å². The van der Waals surface area contributed by atoms with Gasteiger partial charge in [0.15, 0.2) is 11.6 Å². The minimum absolute atomic E-state index is 0.216. The zero-order valence-electron chi connectivity index (χ0n) is 10.9. The molecule has 0 radical (unpaired) electrons.